The summed E-state index contributed by atoms with van der Waals surface area (Å²) >= 11 is 3.17. The topological polar surface area (TPSA) is 217 Å². The van der Waals surface area contributed by atoms with Crippen LogP contribution in [0.2, 0.25) is 0 Å². The third kappa shape index (κ3) is 4.07. The second-order valence-electron chi connectivity index (χ2n) is 7.95. The molecule has 2 aliphatic heterocycles. The van der Waals surface area contributed by atoms with Crippen LogP contribution in [0.3, 0.4) is 0 Å². The monoisotopic (exact) mass is 565 g/mol. The van der Waals surface area contributed by atoms with Gasteiger partial charge in [-0.1, -0.05) is 5.16 Å². The highest BCUT2D eigenvalue weighted by molar-refractivity contribution is 8.00. The van der Waals surface area contributed by atoms with Crippen molar-refractivity contribution < 1.29 is 39.3 Å². The van der Waals surface area contributed by atoms with Crippen molar-refractivity contribution in [3.8, 4) is 0 Å². The van der Waals surface area contributed by atoms with Crippen LogP contribution in [-0.4, -0.2) is 81.0 Å². The minimum Gasteiger partial charge on any atom is -0.477 e. The number of nitrogen functional groups attached to an aromatic ring is 1. The minimum absolute atomic E-state index is 0.0553. The van der Waals surface area contributed by atoms with Crippen molar-refractivity contribution in [3.05, 3.63) is 34.2 Å². The Morgan fingerprint density at radius 3 is 2.68 bits per heavy atom. The first kappa shape index (κ1) is 24.7. The molecule has 0 aliphatic carbocycles. The van der Waals surface area contributed by atoms with Gasteiger partial charge in [-0.25, -0.2) is 9.59 Å². The number of carboxylic acid groups (broad SMARTS) is 2. The molecular weight excluding hydrogens is 548 g/mol. The minimum atomic E-state index is -1.29. The van der Waals surface area contributed by atoms with E-state index in [-0.39, 0.29) is 33.8 Å². The van der Waals surface area contributed by atoms with Gasteiger partial charge in [-0.2, -0.15) is 9.36 Å². The molecule has 0 aromatic carbocycles. The smallest absolute Gasteiger partial charge is 0.352 e. The third-order valence-electron chi connectivity index (χ3n) is 5.78. The Labute approximate surface area is 218 Å². The summed E-state index contributed by atoms with van der Waals surface area (Å²) in [6.07, 6.45) is 1.72. The molecule has 1 fully saturated rings. The van der Waals surface area contributed by atoms with Crippen molar-refractivity contribution in [1.29, 1.82) is 0 Å². The number of hydrogen-bond acceptors (Lipinski definition) is 12. The normalized spacial score (nSPS) is 19.6. The molecule has 0 bridgehead atoms. The maximum Gasteiger partial charge on any atom is 0.352 e. The summed E-state index contributed by atoms with van der Waals surface area (Å²) in [6, 6.07) is 0.492. The molecule has 192 valence electrons. The third-order valence-corrected chi connectivity index (χ3v) is 8.86. The largest absolute Gasteiger partial charge is 0.477 e. The molecule has 1 saturated heterocycles. The standard InChI is InChI=1S/C19H16N8O7S3/c1-25-15-6(2-8(36-15)17(30)31)3-26(25)4-7-5-35-16-10(14(29)27(16)11(7)18(32)33)21-13(28)9(23-34)12-22-19(20)37-24-12/h2-3,10,16H,4-5H2,1H3,(H5-,20,21,22,24,28,30,31,32,33,34)/p+1/t10-,16-/m1/s1. The van der Waals surface area contributed by atoms with Crippen LogP contribution in [0, 0.1) is 0 Å². The highest BCUT2D eigenvalue weighted by Gasteiger charge is 2.55. The van der Waals surface area contributed by atoms with Gasteiger partial charge in [-0.3, -0.25) is 14.5 Å². The van der Waals surface area contributed by atoms with E-state index in [9.17, 15) is 34.6 Å². The summed E-state index contributed by atoms with van der Waals surface area (Å²) in [7, 11) is 1.73. The average molecular weight is 566 g/mol. The first-order valence-electron chi connectivity index (χ1n) is 10.4. The second kappa shape index (κ2) is 9.12. The van der Waals surface area contributed by atoms with Gasteiger partial charge in [0.2, 0.25) is 17.7 Å². The van der Waals surface area contributed by atoms with E-state index in [0.717, 1.165) is 27.8 Å². The van der Waals surface area contributed by atoms with Crippen molar-refractivity contribution in [1.82, 2.24) is 24.3 Å². The number of nitrogens with two attached hydrogens (primary N) is 1. The molecule has 0 saturated carbocycles. The van der Waals surface area contributed by atoms with Crippen LogP contribution in [0.25, 0.3) is 10.2 Å². The van der Waals surface area contributed by atoms with Crippen molar-refractivity contribution in [2.45, 2.75) is 18.0 Å². The number of anilines is 1. The summed E-state index contributed by atoms with van der Waals surface area (Å²) in [6.45, 7) is 0.153. The molecule has 2 amide bonds. The number of fused-ring (bicyclic) bond motifs is 2. The quantitative estimate of drug-likeness (QED) is 0.0791. The van der Waals surface area contributed by atoms with E-state index in [1.807, 2.05) is 0 Å². The van der Waals surface area contributed by atoms with E-state index >= 15 is 0 Å². The van der Waals surface area contributed by atoms with Crippen molar-refractivity contribution in [2.75, 3.05) is 11.5 Å². The SMILES string of the molecule is Cn1c2sc(C(=O)O)cc2c[n+]1CC1=C(C(=O)O)N2C(=O)[C@@H](NC(=O)/C(=N\O)c3nsc(N)n3)[C@H]2SC1. The van der Waals surface area contributed by atoms with Gasteiger partial charge in [0, 0.05) is 22.9 Å². The molecule has 0 radical (unpaired) electrons. The highest BCUT2D eigenvalue weighted by Crippen LogP contribution is 2.40. The number of aryl methyl sites for hydroxylation is 1. The van der Waals surface area contributed by atoms with E-state index in [2.05, 4.69) is 19.8 Å². The molecule has 5 rings (SSSR count). The Kier molecular flexibility index (Phi) is 6.08. The maximum atomic E-state index is 12.9. The Morgan fingerprint density at radius 2 is 2.08 bits per heavy atom. The molecule has 2 atom stereocenters. The van der Waals surface area contributed by atoms with Crippen LogP contribution in [0.5, 0.6) is 0 Å². The molecule has 2 aliphatic rings. The summed E-state index contributed by atoms with van der Waals surface area (Å²) in [5.41, 5.74) is 5.27. The molecule has 3 aromatic heterocycles. The Hall–Kier alpha value is -4.03. The zero-order valence-electron chi connectivity index (χ0n) is 18.7. The van der Waals surface area contributed by atoms with E-state index < -0.39 is 40.9 Å². The fraction of sp³-hybridized carbons (Fsp3) is 0.263. The average Bonchev–Trinajstić information content (AvgIpc) is 3.54. The Balaban J connectivity index is 1.37. The summed E-state index contributed by atoms with van der Waals surface area (Å²) < 4.78 is 7.28. The summed E-state index contributed by atoms with van der Waals surface area (Å²) in [5, 5.41) is 33.8. The van der Waals surface area contributed by atoms with Crippen LogP contribution in [0.4, 0.5) is 5.13 Å². The van der Waals surface area contributed by atoms with Crippen molar-refractivity contribution in [3.63, 3.8) is 0 Å². The number of carbonyl (C=O) groups excluding carboxylic acids is 2. The molecule has 0 unspecified atom stereocenters. The van der Waals surface area contributed by atoms with Crippen LogP contribution < -0.4 is 15.7 Å². The van der Waals surface area contributed by atoms with E-state index in [4.69, 9.17) is 5.73 Å². The lowest BCUT2D eigenvalue weighted by atomic mass is 10.0. The first-order chi connectivity index (χ1) is 17.6. The summed E-state index contributed by atoms with van der Waals surface area (Å²) in [4.78, 5) is 54.8. The summed E-state index contributed by atoms with van der Waals surface area (Å²) in [5.74, 6) is -3.80. The second-order valence-corrected chi connectivity index (χ2v) is 10.9. The molecule has 18 heteroatoms. The number of aromatic nitrogens is 4. The molecule has 0 spiro atoms. The van der Waals surface area contributed by atoms with E-state index in [0.29, 0.717) is 15.8 Å². The van der Waals surface area contributed by atoms with Gasteiger partial charge in [0.1, 0.15) is 22.0 Å². The lowest BCUT2D eigenvalue weighted by molar-refractivity contribution is -0.764. The highest BCUT2D eigenvalue weighted by atomic mass is 32.2. The molecule has 5 heterocycles. The number of nitrogens with one attached hydrogen (secondary N) is 1. The first-order valence-corrected chi connectivity index (χ1v) is 13.0. The van der Waals surface area contributed by atoms with Gasteiger partial charge in [0.25, 0.3) is 11.8 Å². The maximum absolute atomic E-state index is 12.9. The molecular formula is C19H17N8O7S3+. The number of oxime groups is 1. The van der Waals surface area contributed by atoms with Crippen LogP contribution in [-0.2, 0) is 28.0 Å². The number of β-lactam (4-membered cyclic amide) rings is 1. The van der Waals surface area contributed by atoms with Crippen LogP contribution in [0.15, 0.2) is 28.7 Å². The van der Waals surface area contributed by atoms with Gasteiger partial charge in [0.15, 0.2) is 16.5 Å². The van der Waals surface area contributed by atoms with E-state index in [1.54, 1.807) is 28.7 Å². The van der Waals surface area contributed by atoms with Crippen molar-refractivity contribution >= 4 is 79.4 Å². The van der Waals surface area contributed by atoms with Gasteiger partial charge in [-0.15, -0.1) is 32.5 Å². The number of thiophene rings is 1. The zero-order chi connectivity index (χ0) is 26.6. The fourth-order valence-corrected chi connectivity index (χ4v) is 6.81. The van der Waals surface area contributed by atoms with Crippen LogP contribution >= 0.6 is 34.6 Å². The van der Waals surface area contributed by atoms with Gasteiger partial charge < -0.3 is 26.5 Å². The number of carboxylic acids is 2. The number of nitrogens with zero attached hydrogens (tertiary/aromatic N) is 6. The van der Waals surface area contributed by atoms with Gasteiger partial charge in [-0.05, 0) is 6.07 Å². The van der Waals surface area contributed by atoms with Crippen LogP contribution in [0.1, 0.15) is 15.5 Å². The zero-order valence-corrected chi connectivity index (χ0v) is 21.1. The Morgan fingerprint density at radius 1 is 1.32 bits per heavy atom. The van der Waals surface area contributed by atoms with E-state index in [1.165, 1.54) is 11.8 Å². The molecule has 15 nitrogen and oxygen atoms in total. The number of aromatic carboxylic acids is 1. The van der Waals surface area contributed by atoms with Gasteiger partial charge in [0.05, 0.1) is 12.4 Å². The van der Waals surface area contributed by atoms with Gasteiger partial charge >= 0.3 is 11.9 Å². The number of amides is 2. The number of carbonyl (C=O) groups is 4. The predicted molar refractivity (Wildman–Crippen MR) is 130 cm³/mol. The fourth-order valence-electron chi connectivity index (χ4n) is 4.09. The number of hydrogen-bond donors (Lipinski definition) is 5. The molecule has 37 heavy (non-hydrogen) atoms. The lowest BCUT2D eigenvalue weighted by Crippen LogP contribution is -2.71. The molecule has 6 N–H and O–H groups in total. The lowest BCUT2D eigenvalue weighted by Gasteiger charge is -2.49. The predicted octanol–water partition coefficient (Wildman–Crippen LogP) is -0.724. The number of aliphatic carboxylic acids is 1. The Bertz CT molecular complexity index is 1550. The molecule has 3 aromatic rings. The van der Waals surface area contributed by atoms with Crippen molar-refractivity contribution in [2.24, 2.45) is 12.2 Å². The number of rotatable bonds is 7. The number of thioether (sulfide) groups is 1.